The summed E-state index contributed by atoms with van der Waals surface area (Å²) in [5.74, 6) is 1.07. The molecule has 2 aromatic rings. The minimum absolute atomic E-state index is 0.0539. The maximum atomic E-state index is 10.7. The summed E-state index contributed by atoms with van der Waals surface area (Å²) in [5, 5.41) is 20.0. The number of rotatable bonds is 3. The molecule has 2 aromatic carbocycles. The van der Waals surface area contributed by atoms with Crippen molar-refractivity contribution in [3.63, 3.8) is 0 Å². The summed E-state index contributed by atoms with van der Waals surface area (Å²) < 4.78 is 5.49. The third-order valence-corrected chi connectivity index (χ3v) is 2.42. The van der Waals surface area contributed by atoms with Crippen LogP contribution in [0.1, 0.15) is 5.56 Å². The van der Waals surface area contributed by atoms with Gasteiger partial charge in [0.1, 0.15) is 17.2 Å². The third-order valence-electron chi connectivity index (χ3n) is 2.42. The molecule has 0 aromatic heterocycles. The molecule has 1 N–H and O–H groups in total. The summed E-state index contributed by atoms with van der Waals surface area (Å²) in [6.07, 6.45) is 0. The molecule has 0 heterocycles. The first-order valence-electron chi connectivity index (χ1n) is 5.28. The second-order valence-electron chi connectivity index (χ2n) is 3.80. The maximum absolute atomic E-state index is 10.7. The number of phenols is 1. The van der Waals surface area contributed by atoms with Crippen molar-refractivity contribution < 1.29 is 14.8 Å². The van der Waals surface area contributed by atoms with Crippen LogP contribution >= 0.6 is 0 Å². The summed E-state index contributed by atoms with van der Waals surface area (Å²) in [5.41, 5.74) is 0.580. The van der Waals surface area contributed by atoms with E-state index < -0.39 is 4.92 Å². The first kappa shape index (κ1) is 11.9. The van der Waals surface area contributed by atoms with E-state index in [4.69, 9.17) is 4.74 Å². The van der Waals surface area contributed by atoms with Gasteiger partial charge in [-0.25, -0.2) is 0 Å². The molecule has 92 valence electrons. The fourth-order valence-corrected chi connectivity index (χ4v) is 1.58. The summed E-state index contributed by atoms with van der Waals surface area (Å²) >= 11 is 0. The van der Waals surface area contributed by atoms with Crippen LogP contribution in [0.5, 0.6) is 17.2 Å². The fraction of sp³-hybridized carbons (Fsp3) is 0.0769. The van der Waals surface area contributed by atoms with E-state index >= 15 is 0 Å². The number of phenolic OH excluding ortho intramolecular Hbond substituents is 1. The highest BCUT2D eigenvalue weighted by Gasteiger charge is 2.10. The van der Waals surface area contributed by atoms with E-state index in [9.17, 15) is 15.2 Å². The predicted octanol–water partition coefficient (Wildman–Crippen LogP) is 3.40. The molecule has 0 radical (unpaired) electrons. The van der Waals surface area contributed by atoms with Crippen molar-refractivity contribution in [2.24, 2.45) is 0 Å². The van der Waals surface area contributed by atoms with Gasteiger partial charge in [-0.1, -0.05) is 6.07 Å². The first-order valence-corrected chi connectivity index (χ1v) is 5.28. The highest BCUT2D eigenvalue weighted by atomic mass is 16.6. The normalized spacial score (nSPS) is 10.1. The van der Waals surface area contributed by atoms with E-state index in [1.54, 1.807) is 25.1 Å². The van der Waals surface area contributed by atoms with Crippen molar-refractivity contribution in [1.29, 1.82) is 0 Å². The molecule has 0 amide bonds. The molecule has 0 bridgehead atoms. The second-order valence-corrected chi connectivity index (χ2v) is 3.80. The molecule has 0 aliphatic rings. The Balaban J connectivity index is 2.25. The van der Waals surface area contributed by atoms with Crippen LogP contribution in [0.4, 0.5) is 5.69 Å². The highest BCUT2D eigenvalue weighted by molar-refractivity contribution is 5.46. The van der Waals surface area contributed by atoms with Gasteiger partial charge in [0.15, 0.2) is 0 Å². The quantitative estimate of drug-likeness (QED) is 0.664. The summed E-state index contributed by atoms with van der Waals surface area (Å²) in [4.78, 5) is 10.2. The Labute approximate surface area is 103 Å². The number of nitro groups is 1. The molecule has 0 aliphatic heterocycles. The molecule has 18 heavy (non-hydrogen) atoms. The Kier molecular flexibility index (Phi) is 3.14. The zero-order valence-electron chi connectivity index (χ0n) is 9.66. The smallest absolute Gasteiger partial charge is 0.272 e. The highest BCUT2D eigenvalue weighted by Crippen LogP contribution is 2.28. The average molecular weight is 245 g/mol. The number of nitrogens with zero attached hydrogens (tertiary/aromatic N) is 1. The SMILES string of the molecule is Cc1cc(Oc2cccc(O)c2)ccc1[N+](=O)[O-]. The largest absolute Gasteiger partial charge is 0.508 e. The third kappa shape index (κ3) is 2.57. The van der Waals surface area contributed by atoms with Crippen molar-refractivity contribution in [2.45, 2.75) is 6.92 Å². The number of aryl methyl sites for hydroxylation is 1. The summed E-state index contributed by atoms with van der Waals surface area (Å²) in [6, 6.07) is 10.9. The Hall–Kier alpha value is -2.56. The fourth-order valence-electron chi connectivity index (χ4n) is 1.58. The average Bonchev–Trinajstić information content (AvgIpc) is 2.28. The van der Waals surface area contributed by atoms with Crippen molar-refractivity contribution in [3.05, 3.63) is 58.1 Å². The minimum atomic E-state index is -0.437. The van der Waals surface area contributed by atoms with Gasteiger partial charge in [0.25, 0.3) is 5.69 Å². The lowest BCUT2D eigenvalue weighted by Crippen LogP contribution is -1.92. The Morgan fingerprint density at radius 2 is 1.89 bits per heavy atom. The first-order chi connectivity index (χ1) is 8.56. The lowest BCUT2D eigenvalue weighted by Gasteiger charge is -2.06. The summed E-state index contributed by atoms with van der Waals surface area (Å²) in [7, 11) is 0. The van der Waals surface area contributed by atoms with Crippen LogP contribution in [0.2, 0.25) is 0 Å². The molecule has 5 heteroatoms. The molecule has 0 fully saturated rings. The lowest BCUT2D eigenvalue weighted by molar-refractivity contribution is -0.385. The van der Waals surface area contributed by atoms with Gasteiger partial charge in [-0.3, -0.25) is 10.1 Å². The summed E-state index contributed by atoms with van der Waals surface area (Å²) in [6.45, 7) is 1.65. The number of benzene rings is 2. The molecule has 5 nitrogen and oxygen atoms in total. The van der Waals surface area contributed by atoms with Gasteiger partial charge < -0.3 is 9.84 Å². The van der Waals surface area contributed by atoms with Gasteiger partial charge in [0.2, 0.25) is 0 Å². The minimum Gasteiger partial charge on any atom is -0.508 e. The van der Waals surface area contributed by atoms with Gasteiger partial charge in [-0.05, 0) is 31.2 Å². The molecular weight excluding hydrogens is 234 g/mol. The van der Waals surface area contributed by atoms with Crippen molar-refractivity contribution in [2.75, 3.05) is 0 Å². The molecule has 0 atom stereocenters. The van der Waals surface area contributed by atoms with E-state index in [0.717, 1.165) is 0 Å². The van der Waals surface area contributed by atoms with Gasteiger partial charge in [-0.15, -0.1) is 0 Å². The van der Waals surface area contributed by atoms with Crippen LogP contribution in [0.3, 0.4) is 0 Å². The van der Waals surface area contributed by atoms with Gasteiger partial charge >= 0.3 is 0 Å². The van der Waals surface area contributed by atoms with Crippen LogP contribution in [0, 0.1) is 17.0 Å². The topological polar surface area (TPSA) is 72.6 Å². The lowest BCUT2D eigenvalue weighted by atomic mass is 10.2. The van der Waals surface area contributed by atoms with E-state index in [0.29, 0.717) is 17.1 Å². The molecule has 0 saturated carbocycles. The van der Waals surface area contributed by atoms with E-state index in [1.165, 1.54) is 24.3 Å². The van der Waals surface area contributed by atoms with Crippen LogP contribution in [0.15, 0.2) is 42.5 Å². The molecule has 0 unspecified atom stereocenters. The zero-order valence-corrected chi connectivity index (χ0v) is 9.66. The molecular formula is C13H11NO4. The molecule has 0 spiro atoms. The number of ether oxygens (including phenoxy) is 1. The Bertz CT molecular complexity index is 595. The van der Waals surface area contributed by atoms with E-state index in [-0.39, 0.29) is 11.4 Å². The van der Waals surface area contributed by atoms with Crippen LogP contribution in [-0.4, -0.2) is 10.0 Å². The Morgan fingerprint density at radius 1 is 1.17 bits per heavy atom. The molecule has 0 aliphatic carbocycles. The van der Waals surface area contributed by atoms with Gasteiger partial charge in [0, 0.05) is 17.7 Å². The standard InChI is InChI=1S/C13H11NO4/c1-9-7-12(5-6-13(9)14(16)17)18-11-4-2-3-10(15)8-11/h2-8,15H,1H3. The molecule has 0 saturated heterocycles. The maximum Gasteiger partial charge on any atom is 0.272 e. The van der Waals surface area contributed by atoms with Crippen molar-refractivity contribution in [3.8, 4) is 17.2 Å². The van der Waals surface area contributed by atoms with Crippen molar-refractivity contribution in [1.82, 2.24) is 0 Å². The Morgan fingerprint density at radius 3 is 2.50 bits per heavy atom. The van der Waals surface area contributed by atoms with Gasteiger partial charge in [0.05, 0.1) is 4.92 Å². The predicted molar refractivity (Wildman–Crippen MR) is 66.0 cm³/mol. The number of hydrogen-bond acceptors (Lipinski definition) is 4. The number of hydrogen-bond donors (Lipinski definition) is 1. The van der Waals surface area contributed by atoms with Crippen LogP contribution in [-0.2, 0) is 0 Å². The van der Waals surface area contributed by atoms with E-state index in [2.05, 4.69) is 0 Å². The van der Waals surface area contributed by atoms with Crippen LogP contribution in [0.25, 0.3) is 0 Å². The monoisotopic (exact) mass is 245 g/mol. The van der Waals surface area contributed by atoms with Crippen LogP contribution < -0.4 is 4.74 Å². The molecule has 2 rings (SSSR count). The van der Waals surface area contributed by atoms with Crippen molar-refractivity contribution >= 4 is 5.69 Å². The second kappa shape index (κ2) is 4.75. The number of aromatic hydroxyl groups is 1. The zero-order chi connectivity index (χ0) is 13.1. The van der Waals surface area contributed by atoms with E-state index in [1.807, 2.05) is 0 Å². The number of nitro benzene ring substituents is 1. The van der Waals surface area contributed by atoms with Gasteiger partial charge in [-0.2, -0.15) is 0 Å².